The molecule has 124 valence electrons. The smallest absolute Gasteiger partial charge is 0.223 e. The number of carbonyl (C=O) groups is 1. The highest BCUT2D eigenvalue weighted by Crippen LogP contribution is 2.32. The molecule has 0 spiro atoms. The van der Waals surface area contributed by atoms with Gasteiger partial charge in [-0.2, -0.15) is 0 Å². The molecule has 1 aromatic carbocycles. The van der Waals surface area contributed by atoms with E-state index in [1.807, 2.05) is 53.7 Å². The van der Waals surface area contributed by atoms with Crippen molar-refractivity contribution in [3.05, 3.63) is 54.6 Å². The van der Waals surface area contributed by atoms with Gasteiger partial charge in [0.05, 0.1) is 17.1 Å². The van der Waals surface area contributed by atoms with Gasteiger partial charge < -0.3 is 14.5 Å². The Hall–Kier alpha value is -2.56. The van der Waals surface area contributed by atoms with Gasteiger partial charge in [0, 0.05) is 31.9 Å². The summed E-state index contributed by atoms with van der Waals surface area (Å²) in [5, 5.41) is 0. The second-order valence-electron chi connectivity index (χ2n) is 6.41. The van der Waals surface area contributed by atoms with Crippen LogP contribution in [0.3, 0.4) is 0 Å². The number of imidazole rings is 1. The quantitative estimate of drug-likeness (QED) is 0.781. The molecule has 1 fully saturated rings. The molecule has 1 atom stereocenters. The molecule has 1 unspecified atom stereocenters. The van der Waals surface area contributed by atoms with Gasteiger partial charge in [0.2, 0.25) is 5.91 Å². The highest BCUT2D eigenvalue weighted by Gasteiger charge is 2.31. The number of H-pyrrole nitrogens is 1. The first-order chi connectivity index (χ1) is 11.8. The summed E-state index contributed by atoms with van der Waals surface area (Å²) >= 11 is 0. The third kappa shape index (κ3) is 2.94. The standard InChI is InChI=1S/C19H22N4O/c24-18(10-6-13-22-11-3-4-12-22)23-14-5-9-17(23)19-20-15-7-1-2-8-16(15)21-19/h1-4,7-8,11-12,17H,5-6,9-10,13-14H2,(H,20,21). The number of carbonyl (C=O) groups excluding carboxylic acids is 1. The minimum Gasteiger partial charge on any atom is -0.354 e. The molecule has 24 heavy (non-hydrogen) atoms. The van der Waals surface area contributed by atoms with Crippen molar-refractivity contribution in [2.75, 3.05) is 6.54 Å². The van der Waals surface area contributed by atoms with Gasteiger partial charge in [-0.1, -0.05) is 12.1 Å². The normalized spacial score (nSPS) is 17.7. The van der Waals surface area contributed by atoms with Crippen LogP contribution in [0.1, 0.15) is 37.5 Å². The Morgan fingerprint density at radius 1 is 1.21 bits per heavy atom. The van der Waals surface area contributed by atoms with Crippen LogP contribution in [0.5, 0.6) is 0 Å². The molecule has 1 amide bonds. The molecule has 1 saturated heterocycles. The van der Waals surface area contributed by atoms with Gasteiger partial charge in [-0.15, -0.1) is 0 Å². The van der Waals surface area contributed by atoms with E-state index in [4.69, 9.17) is 4.98 Å². The summed E-state index contributed by atoms with van der Waals surface area (Å²) in [6, 6.07) is 12.2. The number of aromatic amines is 1. The van der Waals surface area contributed by atoms with Gasteiger partial charge in [0.1, 0.15) is 5.82 Å². The fourth-order valence-corrected chi connectivity index (χ4v) is 3.56. The predicted molar refractivity (Wildman–Crippen MR) is 93.4 cm³/mol. The zero-order chi connectivity index (χ0) is 16.4. The van der Waals surface area contributed by atoms with E-state index < -0.39 is 0 Å². The molecular weight excluding hydrogens is 300 g/mol. The number of fused-ring (bicyclic) bond motifs is 1. The average Bonchev–Trinajstić information content (AvgIpc) is 3.33. The number of benzene rings is 1. The Morgan fingerprint density at radius 2 is 2.04 bits per heavy atom. The van der Waals surface area contributed by atoms with Crippen LogP contribution in [-0.2, 0) is 11.3 Å². The van der Waals surface area contributed by atoms with E-state index in [1.165, 1.54) is 0 Å². The Balaban J connectivity index is 1.42. The summed E-state index contributed by atoms with van der Waals surface area (Å²) in [6.45, 7) is 1.73. The molecule has 0 aliphatic carbocycles. The van der Waals surface area contributed by atoms with Crippen LogP contribution >= 0.6 is 0 Å². The monoisotopic (exact) mass is 322 g/mol. The second kappa shape index (κ2) is 6.51. The first kappa shape index (κ1) is 15.0. The number of aryl methyl sites for hydroxylation is 1. The first-order valence-electron chi connectivity index (χ1n) is 8.66. The van der Waals surface area contributed by atoms with Crippen LogP contribution in [0, 0.1) is 0 Å². The molecule has 0 bridgehead atoms. The SMILES string of the molecule is O=C(CCCn1cccc1)N1CCCC1c1nc2ccccc2[nH]1. The van der Waals surface area contributed by atoms with Crippen LogP contribution in [0.4, 0.5) is 0 Å². The molecule has 5 nitrogen and oxygen atoms in total. The van der Waals surface area contributed by atoms with E-state index in [2.05, 4.69) is 9.55 Å². The maximum atomic E-state index is 12.6. The summed E-state index contributed by atoms with van der Waals surface area (Å²) in [6.07, 6.45) is 7.58. The first-order valence-corrected chi connectivity index (χ1v) is 8.66. The van der Waals surface area contributed by atoms with E-state index in [-0.39, 0.29) is 11.9 Å². The van der Waals surface area contributed by atoms with Gasteiger partial charge in [-0.25, -0.2) is 4.98 Å². The van der Waals surface area contributed by atoms with Crippen LogP contribution in [0.25, 0.3) is 11.0 Å². The number of rotatable bonds is 5. The lowest BCUT2D eigenvalue weighted by Crippen LogP contribution is -2.31. The number of nitrogens with one attached hydrogen (secondary N) is 1. The summed E-state index contributed by atoms with van der Waals surface area (Å²) in [4.78, 5) is 22.7. The molecule has 2 aromatic heterocycles. The van der Waals surface area contributed by atoms with Crippen molar-refractivity contribution in [3.8, 4) is 0 Å². The van der Waals surface area contributed by atoms with Crippen molar-refractivity contribution < 1.29 is 4.79 Å². The largest absolute Gasteiger partial charge is 0.354 e. The van der Waals surface area contributed by atoms with Crippen molar-refractivity contribution in [2.45, 2.75) is 38.3 Å². The summed E-state index contributed by atoms with van der Waals surface area (Å²) < 4.78 is 2.12. The minimum atomic E-state index is 0.0940. The van der Waals surface area contributed by atoms with E-state index in [1.54, 1.807) is 0 Å². The molecule has 1 N–H and O–H groups in total. The summed E-state index contributed by atoms with van der Waals surface area (Å²) in [5.41, 5.74) is 2.01. The van der Waals surface area contributed by atoms with Crippen molar-refractivity contribution in [2.24, 2.45) is 0 Å². The summed E-state index contributed by atoms with van der Waals surface area (Å²) in [7, 11) is 0. The van der Waals surface area contributed by atoms with Crippen LogP contribution in [0.2, 0.25) is 0 Å². The van der Waals surface area contributed by atoms with Gasteiger partial charge in [0.25, 0.3) is 0 Å². The second-order valence-corrected chi connectivity index (χ2v) is 6.41. The number of amides is 1. The lowest BCUT2D eigenvalue weighted by Gasteiger charge is -2.23. The van der Waals surface area contributed by atoms with Crippen molar-refractivity contribution in [1.82, 2.24) is 19.4 Å². The highest BCUT2D eigenvalue weighted by atomic mass is 16.2. The third-order valence-corrected chi connectivity index (χ3v) is 4.77. The van der Waals surface area contributed by atoms with E-state index in [0.29, 0.717) is 6.42 Å². The Morgan fingerprint density at radius 3 is 2.88 bits per heavy atom. The molecular formula is C19H22N4O. The molecule has 3 aromatic rings. The van der Waals surface area contributed by atoms with E-state index in [9.17, 15) is 4.79 Å². The maximum absolute atomic E-state index is 12.6. The van der Waals surface area contributed by atoms with Crippen LogP contribution in [0.15, 0.2) is 48.8 Å². The topological polar surface area (TPSA) is 53.9 Å². The lowest BCUT2D eigenvalue weighted by atomic mass is 10.2. The number of hydrogen-bond donors (Lipinski definition) is 1. The molecule has 0 radical (unpaired) electrons. The maximum Gasteiger partial charge on any atom is 0.223 e. The van der Waals surface area contributed by atoms with Gasteiger partial charge in [0.15, 0.2) is 0 Å². The fourth-order valence-electron chi connectivity index (χ4n) is 3.56. The van der Waals surface area contributed by atoms with Gasteiger partial charge in [-0.3, -0.25) is 4.79 Å². The number of hydrogen-bond acceptors (Lipinski definition) is 2. The third-order valence-electron chi connectivity index (χ3n) is 4.77. The van der Waals surface area contributed by atoms with Crippen molar-refractivity contribution in [1.29, 1.82) is 0 Å². The highest BCUT2D eigenvalue weighted by molar-refractivity contribution is 5.78. The predicted octanol–water partition coefficient (Wildman–Crippen LogP) is 3.51. The van der Waals surface area contributed by atoms with Crippen molar-refractivity contribution >= 4 is 16.9 Å². The molecule has 1 aliphatic heterocycles. The fraction of sp³-hybridized carbons (Fsp3) is 0.368. The van der Waals surface area contributed by atoms with E-state index in [0.717, 1.165) is 49.2 Å². The average molecular weight is 322 g/mol. The van der Waals surface area contributed by atoms with Crippen LogP contribution in [-0.4, -0.2) is 31.9 Å². The lowest BCUT2D eigenvalue weighted by molar-refractivity contribution is -0.132. The zero-order valence-corrected chi connectivity index (χ0v) is 13.7. The summed E-state index contributed by atoms with van der Waals surface area (Å²) in [5.74, 6) is 1.16. The van der Waals surface area contributed by atoms with Crippen LogP contribution < -0.4 is 0 Å². The van der Waals surface area contributed by atoms with Crippen molar-refractivity contribution in [3.63, 3.8) is 0 Å². The Kier molecular flexibility index (Phi) is 4.07. The van der Waals surface area contributed by atoms with Gasteiger partial charge >= 0.3 is 0 Å². The molecule has 1 aliphatic rings. The van der Waals surface area contributed by atoms with Gasteiger partial charge in [-0.05, 0) is 43.5 Å². The molecule has 0 saturated carbocycles. The number of nitrogens with zero attached hydrogens (tertiary/aromatic N) is 3. The number of likely N-dealkylation sites (tertiary alicyclic amines) is 1. The Bertz CT molecular complexity index is 788. The number of para-hydroxylation sites is 2. The minimum absolute atomic E-state index is 0.0940. The molecule has 3 heterocycles. The van der Waals surface area contributed by atoms with E-state index >= 15 is 0 Å². The molecule has 5 heteroatoms. The zero-order valence-electron chi connectivity index (χ0n) is 13.7. The molecule has 4 rings (SSSR count). The Labute approximate surface area is 141 Å². The number of aromatic nitrogens is 3.